The molecule has 3 aromatic carbocycles. The highest BCUT2D eigenvalue weighted by Crippen LogP contribution is 2.26. The Balaban J connectivity index is 1.65. The van der Waals surface area contributed by atoms with Gasteiger partial charge in [-0.3, -0.25) is 4.79 Å². The predicted molar refractivity (Wildman–Crippen MR) is 145 cm³/mol. The second-order valence-corrected chi connectivity index (χ2v) is 10.5. The van der Waals surface area contributed by atoms with Gasteiger partial charge in [-0.2, -0.15) is 4.72 Å². The number of aromatic nitrogens is 1. The Morgan fingerprint density at radius 3 is 2.42 bits per heavy atom. The number of hydrogen-bond donors (Lipinski definition) is 3. The molecule has 1 aromatic heterocycles. The lowest BCUT2D eigenvalue weighted by Gasteiger charge is -2.15. The maximum absolute atomic E-state index is 14.4. The van der Waals surface area contributed by atoms with Gasteiger partial charge in [0, 0.05) is 29.1 Å². The summed E-state index contributed by atoms with van der Waals surface area (Å²) in [5.74, 6) is 2.76. The molecule has 11 heteroatoms. The molecule has 4 rings (SSSR count). The van der Waals surface area contributed by atoms with Crippen molar-refractivity contribution >= 4 is 32.9 Å². The van der Waals surface area contributed by atoms with Gasteiger partial charge in [0.05, 0.1) is 17.0 Å². The van der Waals surface area contributed by atoms with E-state index in [1.54, 1.807) is 42.0 Å². The SMILES string of the molecule is CC#CCOc1ccc(S(=O)(=O)NC(Cc2cn(Cc3ccccc3F)c3ccc(C(=O)O)cc23)C(=O)O)cc1. The average molecular weight is 565 g/mol. The smallest absolute Gasteiger partial charge is 0.335 e. The number of carboxylic acid groups (broad SMARTS) is 2. The Morgan fingerprint density at radius 2 is 1.77 bits per heavy atom. The molecule has 1 heterocycles. The number of nitrogens with zero attached hydrogens (tertiary/aromatic N) is 1. The molecule has 0 spiro atoms. The van der Waals surface area contributed by atoms with E-state index in [2.05, 4.69) is 16.6 Å². The Bertz CT molecular complexity index is 1740. The highest BCUT2D eigenvalue weighted by Gasteiger charge is 2.27. The lowest BCUT2D eigenvalue weighted by atomic mass is 10.0. The molecule has 1 unspecified atom stereocenters. The van der Waals surface area contributed by atoms with Crippen LogP contribution in [0.3, 0.4) is 0 Å². The summed E-state index contributed by atoms with van der Waals surface area (Å²) in [5, 5.41) is 19.8. The van der Waals surface area contributed by atoms with Crippen molar-refractivity contribution in [1.82, 2.24) is 9.29 Å². The van der Waals surface area contributed by atoms with Gasteiger partial charge in [-0.25, -0.2) is 17.6 Å². The number of carboxylic acids is 2. The summed E-state index contributed by atoms with van der Waals surface area (Å²) in [6, 6.07) is 14.4. The molecular weight excluding hydrogens is 539 g/mol. The number of aromatic carboxylic acids is 1. The van der Waals surface area contributed by atoms with Crippen molar-refractivity contribution in [2.45, 2.75) is 30.8 Å². The molecule has 0 aliphatic rings. The number of fused-ring (bicyclic) bond motifs is 1. The second kappa shape index (κ2) is 12.0. The Labute approximate surface area is 229 Å². The molecule has 0 aliphatic carbocycles. The van der Waals surface area contributed by atoms with Crippen LogP contribution in [0.25, 0.3) is 10.9 Å². The van der Waals surface area contributed by atoms with Gasteiger partial charge in [-0.15, -0.1) is 5.92 Å². The van der Waals surface area contributed by atoms with Gasteiger partial charge in [-0.1, -0.05) is 24.1 Å². The number of carbonyl (C=O) groups is 2. The molecule has 0 saturated carbocycles. The maximum atomic E-state index is 14.4. The normalized spacial score (nSPS) is 11.9. The Morgan fingerprint density at radius 1 is 1.05 bits per heavy atom. The first-order valence-corrected chi connectivity index (χ1v) is 13.5. The van der Waals surface area contributed by atoms with Crippen LogP contribution in [0.15, 0.2) is 77.8 Å². The number of ether oxygens (including phenoxy) is 1. The molecule has 0 amide bonds. The zero-order chi connectivity index (χ0) is 28.9. The summed E-state index contributed by atoms with van der Waals surface area (Å²) in [6.07, 6.45) is 1.29. The number of sulfonamides is 1. The molecule has 0 aliphatic heterocycles. The van der Waals surface area contributed by atoms with E-state index < -0.39 is 33.8 Å². The summed E-state index contributed by atoms with van der Waals surface area (Å²) in [6.45, 7) is 1.89. The molecule has 0 radical (unpaired) electrons. The topological polar surface area (TPSA) is 135 Å². The van der Waals surface area contributed by atoms with E-state index in [0.29, 0.717) is 27.8 Å². The Hall–Kier alpha value is -4.66. The number of nitrogens with one attached hydrogen (secondary N) is 1. The largest absolute Gasteiger partial charge is 0.481 e. The number of aliphatic carboxylic acids is 1. The van der Waals surface area contributed by atoms with E-state index in [1.807, 2.05) is 0 Å². The van der Waals surface area contributed by atoms with Crippen molar-refractivity contribution in [3.8, 4) is 17.6 Å². The molecule has 3 N–H and O–H groups in total. The molecule has 0 fully saturated rings. The fraction of sp³-hybridized carbons (Fsp3) is 0.172. The zero-order valence-corrected chi connectivity index (χ0v) is 22.1. The lowest BCUT2D eigenvalue weighted by Crippen LogP contribution is -2.42. The average Bonchev–Trinajstić information content (AvgIpc) is 3.26. The number of hydrogen-bond acceptors (Lipinski definition) is 5. The van der Waals surface area contributed by atoms with Crippen molar-refractivity contribution < 1.29 is 37.3 Å². The van der Waals surface area contributed by atoms with Gasteiger partial charge in [-0.05, 0) is 61.0 Å². The van der Waals surface area contributed by atoms with Crippen LogP contribution in [-0.2, 0) is 27.8 Å². The number of benzene rings is 3. The van der Waals surface area contributed by atoms with Crippen molar-refractivity contribution in [2.75, 3.05) is 6.61 Å². The first-order valence-electron chi connectivity index (χ1n) is 12.0. The fourth-order valence-corrected chi connectivity index (χ4v) is 5.36. The van der Waals surface area contributed by atoms with Gasteiger partial charge < -0.3 is 19.5 Å². The van der Waals surface area contributed by atoms with Crippen LogP contribution in [0.1, 0.15) is 28.4 Å². The van der Waals surface area contributed by atoms with Gasteiger partial charge in [0.2, 0.25) is 10.0 Å². The summed E-state index contributed by atoms with van der Waals surface area (Å²) in [4.78, 5) is 23.6. The first kappa shape index (κ1) is 28.4. The Kier molecular flexibility index (Phi) is 8.52. The van der Waals surface area contributed by atoms with E-state index in [4.69, 9.17) is 4.74 Å². The third kappa shape index (κ3) is 6.48. The molecule has 206 valence electrons. The van der Waals surface area contributed by atoms with E-state index >= 15 is 0 Å². The molecule has 40 heavy (non-hydrogen) atoms. The van der Waals surface area contributed by atoms with Crippen LogP contribution in [0.5, 0.6) is 5.75 Å². The minimum Gasteiger partial charge on any atom is -0.481 e. The standard InChI is InChI=1S/C29H25FN2O7S/c1-2-3-14-39-22-9-11-23(12-10-22)40(37,38)31-26(29(35)36)16-21-18-32(17-20-6-4-5-7-25(20)30)27-13-8-19(28(33)34)15-24(21)27/h4-13,15,18,26,31H,14,16-17H2,1H3,(H,33,34)(H,35,36). The fourth-order valence-electron chi connectivity index (χ4n) is 4.17. The van der Waals surface area contributed by atoms with Crippen LogP contribution in [0.2, 0.25) is 0 Å². The molecule has 9 nitrogen and oxygen atoms in total. The third-order valence-corrected chi connectivity index (χ3v) is 7.64. The van der Waals surface area contributed by atoms with Gasteiger partial charge >= 0.3 is 11.9 Å². The van der Waals surface area contributed by atoms with E-state index in [-0.39, 0.29) is 30.0 Å². The number of halogens is 1. The van der Waals surface area contributed by atoms with Gasteiger partial charge in [0.25, 0.3) is 0 Å². The van der Waals surface area contributed by atoms with Crippen LogP contribution in [-0.4, -0.2) is 47.8 Å². The van der Waals surface area contributed by atoms with Crippen LogP contribution in [0.4, 0.5) is 4.39 Å². The lowest BCUT2D eigenvalue weighted by molar-refractivity contribution is -0.138. The highest BCUT2D eigenvalue weighted by atomic mass is 32.2. The molecule has 4 aromatic rings. The summed E-state index contributed by atoms with van der Waals surface area (Å²) in [5.41, 5.74) is 1.26. The van der Waals surface area contributed by atoms with Crippen molar-refractivity contribution in [1.29, 1.82) is 0 Å². The monoisotopic (exact) mass is 564 g/mol. The summed E-state index contributed by atoms with van der Waals surface area (Å²) in [7, 11) is -4.25. The van der Waals surface area contributed by atoms with Gasteiger partial charge in [0.15, 0.2) is 0 Å². The quantitative estimate of drug-likeness (QED) is 0.235. The van der Waals surface area contributed by atoms with E-state index in [1.165, 1.54) is 42.5 Å². The molecular formula is C29H25FN2O7S. The maximum Gasteiger partial charge on any atom is 0.335 e. The minimum atomic E-state index is -4.25. The van der Waals surface area contributed by atoms with Crippen LogP contribution in [0, 0.1) is 17.7 Å². The van der Waals surface area contributed by atoms with Crippen molar-refractivity contribution in [3.05, 3.63) is 95.4 Å². The van der Waals surface area contributed by atoms with Crippen LogP contribution >= 0.6 is 0 Å². The molecule has 1 atom stereocenters. The second-order valence-electron chi connectivity index (χ2n) is 8.81. The van der Waals surface area contributed by atoms with Crippen LogP contribution < -0.4 is 9.46 Å². The number of rotatable bonds is 11. The van der Waals surface area contributed by atoms with E-state index in [9.17, 15) is 32.6 Å². The first-order chi connectivity index (χ1) is 19.1. The van der Waals surface area contributed by atoms with E-state index in [0.717, 1.165) is 0 Å². The highest BCUT2D eigenvalue weighted by molar-refractivity contribution is 7.89. The van der Waals surface area contributed by atoms with Crippen molar-refractivity contribution in [2.24, 2.45) is 0 Å². The van der Waals surface area contributed by atoms with Gasteiger partial charge in [0.1, 0.15) is 24.2 Å². The third-order valence-electron chi connectivity index (χ3n) is 6.15. The minimum absolute atomic E-state index is 0.0305. The predicted octanol–water partition coefficient (Wildman–Crippen LogP) is 3.90. The summed E-state index contributed by atoms with van der Waals surface area (Å²) < 4.78 is 49.7. The molecule has 0 saturated heterocycles. The molecule has 0 bridgehead atoms. The van der Waals surface area contributed by atoms with Crippen molar-refractivity contribution in [3.63, 3.8) is 0 Å². The summed E-state index contributed by atoms with van der Waals surface area (Å²) >= 11 is 0. The zero-order valence-electron chi connectivity index (χ0n) is 21.3.